The molecule has 21 heavy (non-hydrogen) atoms. The van der Waals surface area contributed by atoms with Crippen molar-refractivity contribution in [3.8, 4) is 10.6 Å². The van der Waals surface area contributed by atoms with Gasteiger partial charge in [-0.1, -0.05) is 56.3 Å². The number of carbonyl (C=O) groups is 1. The van der Waals surface area contributed by atoms with E-state index in [-0.39, 0.29) is 11.9 Å². The van der Waals surface area contributed by atoms with E-state index in [1.54, 1.807) is 0 Å². The van der Waals surface area contributed by atoms with Crippen molar-refractivity contribution >= 4 is 17.2 Å². The van der Waals surface area contributed by atoms with E-state index in [0.717, 1.165) is 10.6 Å². The highest BCUT2D eigenvalue weighted by Gasteiger charge is 2.29. The van der Waals surface area contributed by atoms with Crippen LogP contribution in [0.4, 0.5) is 0 Å². The summed E-state index contributed by atoms with van der Waals surface area (Å²) in [5, 5.41) is 2.76. The lowest BCUT2D eigenvalue weighted by Gasteiger charge is -2.26. The monoisotopic (exact) mass is 298 g/mol. The van der Waals surface area contributed by atoms with Gasteiger partial charge in [0.2, 0.25) is 0 Å². The molecule has 0 radical (unpaired) electrons. The molecule has 0 saturated heterocycles. The Labute approximate surface area is 128 Å². The highest BCUT2D eigenvalue weighted by molar-refractivity contribution is 7.13. The maximum atomic E-state index is 12.6. The second-order valence-electron chi connectivity index (χ2n) is 5.52. The predicted molar refractivity (Wildman–Crippen MR) is 86.4 cm³/mol. The third kappa shape index (κ3) is 2.76. The van der Waals surface area contributed by atoms with E-state index >= 15 is 0 Å². The van der Waals surface area contributed by atoms with Gasteiger partial charge in [0.25, 0.3) is 5.91 Å². The van der Waals surface area contributed by atoms with E-state index in [4.69, 9.17) is 0 Å². The second kappa shape index (κ2) is 5.82. The molecule has 4 heteroatoms. The van der Waals surface area contributed by atoms with Gasteiger partial charge in [-0.25, -0.2) is 4.98 Å². The second-order valence-corrected chi connectivity index (χ2v) is 6.38. The molecule has 2 heterocycles. The number of carbonyl (C=O) groups excluding carboxylic acids is 1. The Kier molecular flexibility index (Phi) is 3.88. The van der Waals surface area contributed by atoms with Crippen LogP contribution in [0.1, 0.15) is 24.3 Å². The molecule has 1 amide bonds. The summed E-state index contributed by atoms with van der Waals surface area (Å²) in [5.41, 5.74) is 1.61. The van der Waals surface area contributed by atoms with Crippen molar-refractivity contribution in [2.45, 2.75) is 19.9 Å². The molecule has 1 aliphatic heterocycles. The van der Waals surface area contributed by atoms with Crippen LogP contribution in [0.5, 0.6) is 0 Å². The van der Waals surface area contributed by atoms with Crippen molar-refractivity contribution in [3.05, 3.63) is 53.6 Å². The predicted octanol–water partition coefficient (Wildman–Crippen LogP) is 3.85. The van der Waals surface area contributed by atoms with Gasteiger partial charge in [-0.2, -0.15) is 0 Å². The minimum absolute atomic E-state index is 0.0251. The topological polar surface area (TPSA) is 33.2 Å². The first kappa shape index (κ1) is 14.0. The SMILES string of the molecule is CC(C)[C@H]1C=CCN1C(=O)c1csc(-c2ccccc2)n1. The molecule has 3 rings (SSSR count). The fourth-order valence-electron chi connectivity index (χ4n) is 2.57. The van der Waals surface area contributed by atoms with Crippen LogP contribution >= 0.6 is 11.3 Å². The molecule has 108 valence electrons. The zero-order valence-corrected chi connectivity index (χ0v) is 13.0. The van der Waals surface area contributed by atoms with E-state index in [2.05, 4.69) is 31.0 Å². The first-order valence-electron chi connectivity index (χ1n) is 7.15. The summed E-state index contributed by atoms with van der Waals surface area (Å²) in [6, 6.07) is 10.2. The Bertz CT molecular complexity index is 660. The van der Waals surface area contributed by atoms with Crippen LogP contribution in [0.2, 0.25) is 0 Å². The quantitative estimate of drug-likeness (QED) is 0.806. The van der Waals surface area contributed by atoms with E-state index in [0.29, 0.717) is 18.2 Å². The van der Waals surface area contributed by atoms with Crippen LogP contribution < -0.4 is 0 Å². The van der Waals surface area contributed by atoms with Gasteiger partial charge in [0.1, 0.15) is 10.7 Å². The average Bonchev–Trinajstić information content (AvgIpc) is 3.17. The maximum absolute atomic E-state index is 12.6. The van der Waals surface area contributed by atoms with Crippen LogP contribution in [0, 0.1) is 5.92 Å². The molecule has 0 aliphatic carbocycles. The standard InChI is InChI=1S/C17H18N2OS/c1-12(2)15-9-6-10-19(15)17(20)14-11-21-16(18-14)13-7-4-3-5-8-13/h3-9,11-12,15H,10H2,1-2H3/t15-/m1/s1. The van der Waals surface area contributed by atoms with Gasteiger partial charge in [0.05, 0.1) is 6.04 Å². The zero-order valence-electron chi connectivity index (χ0n) is 12.2. The van der Waals surface area contributed by atoms with Crippen molar-refractivity contribution in [1.82, 2.24) is 9.88 Å². The number of hydrogen-bond donors (Lipinski definition) is 0. The highest BCUT2D eigenvalue weighted by atomic mass is 32.1. The number of rotatable bonds is 3. The molecular weight excluding hydrogens is 280 g/mol. The third-order valence-electron chi connectivity index (χ3n) is 3.68. The number of benzene rings is 1. The Morgan fingerprint density at radius 2 is 2.10 bits per heavy atom. The van der Waals surface area contributed by atoms with Crippen LogP contribution in [-0.2, 0) is 0 Å². The molecule has 1 aromatic carbocycles. The number of amides is 1. The van der Waals surface area contributed by atoms with E-state index < -0.39 is 0 Å². The Morgan fingerprint density at radius 3 is 2.81 bits per heavy atom. The molecule has 2 aromatic rings. The number of hydrogen-bond acceptors (Lipinski definition) is 3. The average molecular weight is 298 g/mol. The molecule has 0 saturated carbocycles. The molecule has 3 nitrogen and oxygen atoms in total. The molecule has 0 N–H and O–H groups in total. The summed E-state index contributed by atoms with van der Waals surface area (Å²) >= 11 is 1.52. The summed E-state index contributed by atoms with van der Waals surface area (Å²) in [5.74, 6) is 0.442. The van der Waals surface area contributed by atoms with Gasteiger partial charge in [0.15, 0.2) is 0 Å². The summed E-state index contributed by atoms with van der Waals surface area (Å²) in [7, 11) is 0. The minimum atomic E-state index is 0.0251. The van der Waals surface area contributed by atoms with Crippen LogP contribution in [0.3, 0.4) is 0 Å². The normalized spacial score (nSPS) is 17.7. The summed E-state index contributed by atoms with van der Waals surface area (Å²) in [6.45, 7) is 4.95. The third-order valence-corrected chi connectivity index (χ3v) is 4.57. The zero-order chi connectivity index (χ0) is 14.8. The maximum Gasteiger partial charge on any atom is 0.274 e. The van der Waals surface area contributed by atoms with Crippen LogP contribution in [0.25, 0.3) is 10.6 Å². The van der Waals surface area contributed by atoms with E-state index in [1.807, 2.05) is 40.6 Å². The van der Waals surface area contributed by atoms with Gasteiger partial charge in [-0.3, -0.25) is 4.79 Å². The lowest BCUT2D eigenvalue weighted by Crippen LogP contribution is -2.39. The van der Waals surface area contributed by atoms with Gasteiger partial charge in [-0.05, 0) is 5.92 Å². The summed E-state index contributed by atoms with van der Waals surface area (Å²) in [6.07, 6.45) is 4.18. The molecular formula is C17H18N2OS. The Hall–Kier alpha value is -1.94. The van der Waals surface area contributed by atoms with Crippen molar-refractivity contribution < 1.29 is 4.79 Å². The van der Waals surface area contributed by atoms with Gasteiger partial charge in [-0.15, -0.1) is 11.3 Å². The molecule has 0 spiro atoms. The molecule has 1 aromatic heterocycles. The van der Waals surface area contributed by atoms with E-state index in [9.17, 15) is 4.79 Å². The van der Waals surface area contributed by atoms with Crippen molar-refractivity contribution in [2.75, 3.05) is 6.54 Å². The van der Waals surface area contributed by atoms with Crippen molar-refractivity contribution in [1.29, 1.82) is 0 Å². The van der Waals surface area contributed by atoms with E-state index in [1.165, 1.54) is 11.3 Å². The van der Waals surface area contributed by atoms with Crippen LogP contribution in [-0.4, -0.2) is 28.4 Å². The lowest BCUT2D eigenvalue weighted by atomic mass is 10.0. The molecule has 1 atom stereocenters. The minimum Gasteiger partial charge on any atom is -0.327 e. The molecule has 0 bridgehead atoms. The van der Waals surface area contributed by atoms with Crippen molar-refractivity contribution in [2.24, 2.45) is 5.92 Å². The fourth-order valence-corrected chi connectivity index (χ4v) is 3.37. The highest BCUT2D eigenvalue weighted by Crippen LogP contribution is 2.26. The lowest BCUT2D eigenvalue weighted by molar-refractivity contribution is 0.0715. The molecule has 0 unspecified atom stereocenters. The first-order valence-corrected chi connectivity index (χ1v) is 8.03. The van der Waals surface area contributed by atoms with Gasteiger partial charge in [0, 0.05) is 17.5 Å². The van der Waals surface area contributed by atoms with Crippen molar-refractivity contribution in [3.63, 3.8) is 0 Å². The first-order chi connectivity index (χ1) is 10.2. The smallest absolute Gasteiger partial charge is 0.274 e. The van der Waals surface area contributed by atoms with Crippen LogP contribution in [0.15, 0.2) is 47.9 Å². The number of aromatic nitrogens is 1. The fraction of sp³-hybridized carbons (Fsp3) is 0.294. The molecule has 1 aliphatic rings. The largest absolute Gasteiger partial charge is 0.327 e. The Morgan fingerprint density at radius 1 is 1.33 bits per heavy atom. The number of nitrogens with zero attached hydrogens (tertiary/aromatic N) is 2. The molecule has 0 fully saturated rings. The van der Waals surface area contributed by atoms with Gasteiger partial charge >= 0.3 is 0 Å². The number of thiazole rings is 1. The summed E-state index contributed by atoms with van der Waals surface area (Å²) in [4.78, 5) is 19.1. The van der Waals surface area contributed by atoms with Gasteiger partial charge < -0.3 is 4.90 Å². The summed E-state index contributed by atoms with van der Waals surface area (Å²) < 4.78 is 0. The Balaban J connectivity index is 1.82.